The van der Waals surface area contributed by atoms with Gasteiger partial charge >= 0.3 is 0 Å². The van der Waals surface area contributed by atoms with Gasteiger partial charge in [-0.1, -0.05) is 6.92 Å². The molecule has 0 spiro atoms. The van der Waals surface area contributed by atoms with Crippen LogP contribution in [0, 0.1) is 12.7 Å². The second-order valence-electron chi connectivity index (χ2n) is 4.91. The summed E-state index contributed by atoms with van der Waals surface area (Å²) < 4.78 is 19.0. The number of furan rings is 1. The summed E-state index contributed by atoms with van der Waals surface area (Å²) in [6, 6.07) is 4.57. The Balaban J connectivity index is 0.00000242. The lowest BCUT2D eigenvalue weighted by molar-refractivity contribution is 0.547. The third-order valence-corrected chi connectivity index (χ3v) is 3.26. The van der Waals surface area contributed by atoms with Crippen molar-refractivity contribution in [2.45, 2.75) is 33.7 Å². The highest BCUT2D eigenvalue weighted by Crippen LogP contribution is 2.26. The van der Waals surface area contributed by atoms with Gasteiger partial charge in [-0.05, 0) is 38.5 Å². The molecule has 22 heavy (non-hydrogen) atoms. The molecule has 0 fully saturated rings. The van der Waals surface area contributed by atoms with Gasteiger partial charge < -0.3 is 15.1 Å². The molecule has 0 unspecified atom stereocenters. The minimum absolute atomic E-state index is 0. The Morgan fingerprint density at radius 2 is 2.05 bits per heavy atom. The smallest absolute Gasteiger partial charge is 0.191 e. The molecule has 0 amide bonds. The zero-order valence-electron chi connectivity index (χ0n) is 13.2. The van der Waals surface area contributed by atoms with E-state index in [1.54, 1.807) is 6.07 Å². The zero-order valence-corrected chi connectivity index (χ0v) is 15.5. The molecule has 2 N–H and O–H groups in total. The number of guanidine groups is 1. The molecule has 1 aromatic heterocycles. The van der Waals surface area contributed by atoms with Crippen LogP contribution in [0.1, 0.15) is 31.6 Å². The molecule has 2 aromatic rings. The van der Waals surface area contributed by atoms with Gasteiger partial charge in [-0.3, -0.25) is 0 Å². The van der Waals surface area contributed by atoms with Crippen molar-refractivity contribution < 1.29 is 8.81 Å². The maximum Gasteiger partial charge on any atom is 0.191 e. The highest BCUT2D eigenvalue weighted by molar-refractivity contribution is 14.0. The van der Waals surface area contributed by atoms with Crippen LogP contribution in [0.3, 0.4) is 0 Å². The lowest BCUT2D eigenvalue weighted by Gasteiger charge is -2.09. The Kier molecular flexibility index (Phi) is 7.64. The van der Waals surface area contributed by atoms with Gasteiger partial charge in [0.05, 0.1) is 0 Å². The highest BCUT2D eigenvalue weighted by atomic mass is 127. The minimum atomic E-state index is -0.251. The monoisotopic (exact) mass is 419 g/mol. The summed E-state index contributed by atoms with van der Waals surface area (Å²) in [7, 11) is 0. The van der Waals surface area contributed by atoms with Crippen LogP contribution >= 0.6 is 24.0 Å². The first-order valence-corrected chi connectivity index (χ1v) is 7.35. The molecule has 0 saturated heterocycles. The van der Waals surface area contributed by atoms with E-state index in [0.29, 0.717) is 12.1 Å². The van der Waals surface area contributed by atoms with Gasteiger partial charge in [0.2, 0.25) is 0 Å². The van der Waals surface area contributed by atoms with Crippen molar-refractivity contribution in [3.05, 3.63) is 35.3 Å². The largest absolute Gasteiger partial charge is 0.459 e. The first kappa shape index (κ1) is 18.7. The van der Waals surface area contributed by atoms with Crippen molar-refractivity contribution in [1.29, 1.82) is 0 Å². The predicted molar refractivity (Wildman–Crippen MR) is 99.4 cm³/mol. The number of benzene rings is 1. The molecule has 0 radical (unpaired) electrons. The molecule has 0 saturated carbocycles. The maximum absolute atomic E-state index is 13.3. The Labute approximate surface area is 147 Å². The minimum Gasteiger partial charge on any atom is -0.459 e. The number of nitrogens with zero attached hydrogens (tertiary/aromatic N) is 1. The zero-order chi connectivity index (χ0) is 15.2. The Bertz CT molecular complexity index is 640. The van der Waals surface area contributed by atoms with Crippen molar-refractivity contribution in [3.8, 4) is 0 Å². The van der Waals surface area contributed by atoms with Crippen LogP contribution in [0.15, 0.2) is 27.6 Å². The number of aliphatic imine (C=N–C) groups is 1. The Hall–Kier alpha value is -1.31. The molecule has 4 nitrogen and oxygen atoms in total. The Morgan fingerprint density at radius 1 is 1.27 bits per heavy atom. The summed E-state index contributed by atoms with van der Waals surface area (Å²) in [6.45, 7) is 8.17. The number of fused-ring (bicyclic) bond motifs is 1. The van der Waals surface area contributed by atoms with Gasteiger partial charge in [-0.15, -0.1) is 24.0 Å². The van der Waals surface area contributed by atoms with Crippen molar-refractivity contribution >= 4 is 40.9 Å². The summed E-state index contributed by atoms with van der Waals surface area (Å²) in [5.74, 6) is 1.29. The van der Waals surface area contributed by atoms with E-state index in [9.17, 15) is 4.39 Å². The SMILES string of the molecule is CCCNC(=NCc1oc2ccc(F)cc2c1C)NCC.I. The van der Waals surface area contributed by atoms with Gasteiger partial charge in [0, 0.05) is 24.0 Å². The Morgan fingerprint density at radius 3 is 2.73 bits per heavy atom. The molecular formula is C16H23FIN3O. The van der Waals surface area contributed by atoms with Gasteiger partial charge in [0.25, 0.3) is 0 Å². The first-order valence-electron chi connectivity index (χ1n) is 7.35. The maximum atomic E-state index is 13.3. The van der Waals surface area contributed by atoms with Crippen LogP contribution < -0.4 is 10.6 Å². The van der Waals surface area contributed by atoms with Gasteiger partial charge in [0.1, 0.15) is 23.7 Å². The standard InChI is InChI=1S/C16H22FN3O.HI/c1-4-8-19-16(18-5-2)20-10-15-11(3)13-9-12(17)6-7-14(13)21-15;/h6-7,9H,4-5,8,10H2,1-3H3,(H2,18,19,20);1H. The molecule has 1 aromatic carbocycles. The number of aryl methyl sites for hydroxylation is 1. The molecule has 6 heteroatoms. The van der Waals surface area contributed by atoms with Crippen LogP contribution in [0.25, 0.3) is 11.0 Å². The third-order valence-electron chi connectivity index (χ3n) is 3.26. The van der Waals surface area contributed by atoms with E-state index in [1.807, 2.05) is 13.8 Å². The highest BCUT2D eigenvalue weighted by Gasteiger charge is 2.11. The fraction of sp³-hybridized carbons (Fsp3) is 0.438. The molecule has 122 valence electrons. The van der Waals surface area contributed by atoms with Crippen LogP contribution in [0.4, 0.5) is 4.39 Å². The van der Waals surface area contributed by atoms with E-state index in [2.05, 4.69) is 22.5 Å². The lowest BCUT2D eigenvalue weighted by Crippen LogP contribution is -2.37. The van der Waals surface area contributed by atoms with Crippen molar-refractivity contribution in [2.24, 2.45) is 4.99 Å². The van der Waals surface area contributed by atoms with Gasteiger partial charge in [0.15, 0.2) is 5.96 Å². The first-order chi connectivity index (χ1) is 10.2. The average Bonchev–Trinajstić information content (AvgIpc) is 2.78. The molecule has 1 heterocycles. The number of nitrogens with one attached hydrogen (secondary N) is 2. The summed E-state index contributed by atoms with van der Waals surface area (Å²) in [4.78, 5) is 4.51. The van der Waals surface area contributed by atoms with Crippen molar-refractivity contribution in [3.63, 3.8) is 0 Å². The van der Waals surface area contributed by atoms with Crippen LogP contribution in [0.2, 0.25) is 0 Å². The topological polar surface area (TPSA) is 49.6 Å². The second-order valence-corrected chi connectivity index (χ2v) is 4.91. The van der Waals surface area contributed by atoms with E-state index >= 15 is 0 Å². The average molecular weight is 419 g/mol. The fourth-order valence-corrected chi connectivity index (χ4v) is 2.13. The van der Waals surface area contributed by atoms with E-state index in [1.165, 1.54) is 12.1 Å². The number of hydrogen-bond acceptors (Lipinski definition) is 2. The number of rotatable bonds is 5. The van der Waals surface area contributed by atoms with Crippen molar-refractivity contribution in [2.75, 3.05) is 13.1 Å². The molecule has 0 aliphatic carbocycles. The van der Waals surface area contributed by atoms with Crippen molar-refractivity contribution in [1.82, 2.24) is 10.6 Å². The molecule has 0 aliphatic rings. The fourth-order valence-electron chi connectivity index (χ4n) is 2.13. The summed E-state index contributed by atoms with van der Waals surface area (Å²) >= 11 is 0. The van der Waals surface area contributed by atoms with Crippen LogP contribution in [-0.4, -0.2) is 19.0 Å². The number of halogens is 2. The summed E-state index contributed by atoms with van der Waals surface area (Å²) in [5, 5.41) is 7.24. The van der Waals surface area contributed by atoms with Gasteiger partial charge in [-0.25, -0.2) is 9.38 Å². The predicted octanol–water partition coefficient (Wildman–Crippen LogP) is 3.96. The molecule has 0 atom stereocenters. The normalized spacial score (nSPS) is 11.4. The van der Waals surface area contributed by atoms with Crippen LogP contribution in [-0.2, 0) is 6.54 Å². The van der Waals surface area contributed by atoms with Gasteiger partial charge in [-0.2, -0.15) is 0 Å². The van der Waals surface area contributed by atoms with E-state index in [0.717, 1.165) is 42.2 Å². The second kappa shape index (κ2) is 8.97. The molecule has 2 rings (SSSR count). The van der Waals surface area contributed by atoms with E-state index in [4.69, 9.17) is 4.42 Å². The third kappa shape index (κ3) is 4.59. The van der Waals surface area contributed by atoms with E-state index in [-0.39, 0.29) is 29.8 Å². The molecule has 0 aliphatic heterocycles. The lowest BCUT2D eigenvalue weighted by atomic mass is 10.1. The summed E-state index contributed by atoms with van der Waals surface area (Å²) in [6.07, 6.45) is 1.04. The molecular weight excluding hydrogens is 396 g/mol. The summed E-state index contributed by atoms with van der Waals surface area (Å²) in [5.41, 5.74) is 1.64. The van der Waals surface area contributed by atoms with E-state index < -0.39 is 0 Å². The quantitative estimate of drug-likeness (QED) is 0.438. The van der Waals surface area contributed by atoms with Crippen LogP contribution in [0.5, 0.6) is 0 Å². The molecule has 0 bridgehead atoms. The number of hydrogen-bond donors (Lipinski definition) is 2.